The number of phenolic OH excluding ortho intramolecular Hbond substituents is 1. The molecule has 0 aliphatic carbocycles. The molecule has 0 radical (unpaired) electrons. The molecule has 11 heavy (non-hydrogen) atoms. The fourth-order valence-electron chi connectivity index (χ4n) is 0.917. The quantitative estimate of drug-likeness (QED) is 0.657. The summed E-state index contributed by atoms with van der Waals surface area (Å²) >= 11 is 0. The average molecular weight is 151 g/mol. The fourth-order valence-corrected chi connectivity index (χ4v) is 0.917. The number of para-hydroxylation sites is 1. The minimum Gasteiger partial charge on any atom is -0.507 e. The molecule has 3 nitrogen and oxygen atoms in total. The van der Waals surface area contributed by atoms with Gasteiger partial charge in [-0.3, -0.25) is 0 Å². The molecule has 0 atom stereocenters. The SMILES string of the molecule is Cc1cccc(CN=O)c1O. The minimum absolute atomic E-state index is 0.0352. The summed E-state index contributed by atoms with van der Waals surface area (Å²) in [6, 6.07) is 5.25. The molecule has 0 bridgehead atoms. The Bertz CT molecular complexity index is 271. The first-order valence-electron chi connectivity index (χ1n) is 3.32. The third-order valence-corrected chi connectivity index (χ3v) is 1.56. The van der Waals surface area contributed by atoms with Crippen molar-refractivity contribution in [1.29, 1.82) is 0 Å². The predicted molar refractivity (Wildman–Crippen MR) is 42.3 cm³/mol. The summed E-state index contributed by atoms with van der Waals surface area (Å²) in [6.45, 7) is 1.82. The van der Waals surface area contributed by atoms with E-state index >= 15 is 0 Å². The van der Waals surface area contributed by atoms with Crippen molar-refractivity contribution in [3.05, 3.63) is 34.2 Å². The van der Waals surface area contributed by atoms with Crippen LogP contribution in [0.1, 0.15) is 11.1 Å². The van der Waals surface area contributed by atoms with E-state index in [0.29, 0.717) is 5.56 Å². The second-order valence-corrected chi connectivity index (χ2v) is 2.37. The van der Waals surface area contributed by atoms with Crippen LogP contribution < -0.4 is 0 Å². The van der Waals surface area contributed by atoms with Crippen molar-refractivity contribution in [3.63, 3.8) is 0 Å². The topological polar surface area (TPSA) is 49.7 Å². The maximum atomic E-state index is 9.88. The molecule has 1 aromatic rings. The van der Waals surface area contributed by atoms with Gasteiger partial charge in [-0.25, -0.2) is 0 Å². The molecule has 0 saturated heterocycles. The molecular formula is C8H9NO2. The second kappa shape index (κ2) is 3.14. The number of rotatable bonds is 2. The summed E-state index contributed by atoms with van der Waals surface area (Å²) in [6.07, 6.45) is 0. The number of benzene rings is 1. The molecule has 1 N–H and O–H groups in total. The van der Waals surface area contributed by atoms with Gasteiger partial charge in [0.15, 0.2) is 0 Å². The van der Waals surface area contributed by atoms with Gasteiger partial charge in [0.05, 0.1) is 0 Å². The molecule has 0 heterocycles. The predicted octanol–water partition coefficient (Wildman–Crippen LogP) is 1.97. The smallest absolute Gasteiger partial charge is 0.123 e. The first kappa shape index (κ1) is 7.72. The Hall–Kier alpha value is -1.38. The van der Waals surface area contributed by atoms with Crippen molar-refractivity contribution in [2.45, 2.75) is 13.5 Å². The Balaban J connectivity index is 3.05. The number of hydrogen-bond donors (Lipinski definition) is 1. The van der Waals surface area contributed by atoms with Crippen molar-refractivity contribution in [2.24, 2.45) is 5.18 Å². The van der Waals surface area contributed by atoms with E-state index in [-0.39, 0.29) is 12.3 Å². The van der Waals surface area contributed by atoms with Gasteiger partial charge < -0.3 is 5.11 Å². The molecule has 58 valence electrons. The summed E-state index contributed by atoms with van der Waals surface area (Å²) in [5.74, 6) is 0.173. The van der Waals surface area contributed by atoms with E-state index in [2.05, 4.69) is 5.18 Å². The lowest BCUT2D eigenvalue weighted by atomic mass is 10.1. The molecule has 0 aliphatic heterocycles. The molecule has 0 amide bonds. The largest absolute Gasteiger partial charge is 0.507 e. The van der Waals surface area contributed by atoms with E-state index in [1.54, 1.807) is 25.1 Å². The molecule has 0 aromatic heterocycles. The van der Waals surface area contributed by atoms with Gasteiger partial charge in [0.1, 0.15) is 12.3 Å². The standard InChI is InChI=1S/C8H9NO2/c1-6-3-2-4-7(5-9-11)8(6)10/h2-4,10H,5H2,1H3. The van der Waals surface area contributed by atoms with Crippen molar-refractivity contribution in [1.82, 2.24) is 0 Å². The molecule has 3 heteroatoms. The fraction of sp³-hybridized carbons (Fsp3) is 0.250. The Morgan fingerprint density at radius 3 is 2.91 bits per heavy atom. The van der Waals surface area contributed by atoms with Crippen LogP contribution >= 0.6 is 0 Å². The first-order chi connectivity index (χ1) is 5.25. The van der Waals surface area contributed by atoms with Gasteiger partial charge in [0.2, 0.25) is 0 Å². The van der Waals surface area contributed by atoms with Crippen LogP contribution in [-0.4, -0.2) is 5.11 Å². The van der Waals surface area contributed by atoms with Crippen molar-refractivity contribution in [3.8, 4) is 5.75 Å². The second-order valence-electron chi connectivity index (χ2n) is 2.37. The van der Waals surface area contributed by atoms with E-state index in [1.165, 1.54) is 0 Å². The van der Waals surface area contributed by atoms with Crippen LogP contribution in [0.2, 0.25) is 0 Å². The van der Waals surface area contributed by atoms with E-state index in [0.717, 1.165) is 5.56 Å². The van der Waals surface area contributed by atoms with E-state index in [1.807, 2.05) is 0 Å². The number of aryl methyl sites for hydroxylation is 1. The molecule has 0 fully saturated rings. The maximum Gasteiger partial charge on any atom is 0.123 e. The highest BCUT2D eigenvalue weighted by molar-refractivity contribution is 5.39. The van der Waals surface area contributed by atoms with Gasteiger partial charge >= 0.3 is 0 Å². The number of aromatic hydroxyl groups is 1. The third-order valence-electron chi connectivity index (χ3n) is 1.56. The lowest BCUT2D eigenvalue weighted by Gasteiger charge is -2.01. The van der Waals surface area contributed by atoms with Gasteiger partial charge in [-0.05, 0) is 12.5 Å². The lowest BCUT2D eigenvalue weighted by Crippen LogP contribution is -1.83. The highest BCUT2D eigenvalue weighted by atomic mass is 16.3. The summed E-state index contributed by atoms with van der Waals surface area (Å²) in [7, 11) is 0. The first-order valence-corrected chi connectivity index (χ1v) is 3.32. The zero-order valence-electron chi connectivity index (χ0n) is 6.24. The van der Waals surface area contributed by atoms with Crippen LogP contribution in [0.5, 0.6) is 5.75 Å². The molecule has 0 aliphatic rings. The van der Waals surface area contributed by atoms with E-state index in [4.69, 9.17) is 0 Å². The highest BCUT2D eigenvalue weighted by Gasteiger charge is 2.01. The van der Waals surface area contributed by atoms with Gasteiger partial charge in [-0.2, -0.15) is 4.91 Å². The zero-order chi connectivity index (χ0) is 8.27. The highest BCUT2D eigenvalue weighted by Crippen LogP contribution is 2.21. The van der Waals surface area contributed by atoms with E-state index < -0.39 is 0 Å². The van der Waals surface area contributed by atoms with Crippen molar-refractivity contribution >= 4 is 0 Å². The van der Waals surface area contributed by atoms with Crippen LogP contribution in [0.15, 0.2) is 23.4 Å². The molecule has 0 unspecified atom stereocenters. The lowest BCUT2D eigenvalue weighted by molar-refractivity contribution is 0.464. The molecule has 0 saturated carbocycles. The number of nitrogens with zero attached hydrogens (tertiary/aromatic N) is 1. The number of nitroso groups, excluding NO2 is 1. The minimum atomic E-state index is 0.0352. The van der Waals surface area contributed by atoms with Crippen molar-refractivity contribution < 1.29 is 5.11 Å². The Morgan fingerprint density at radius 2 is 2.27 bits per heavy atom. The summed E-state index contributed by atoms with van der Waals surface area (Å²) in [4.78, 5) is 9.88. The number of phenols is 1. The Labute approximate surface area is 64.7 Å². The van der Waals surface area contributed by atoms with Crippen LogP contribution in [0, 0.1) is 11.8 Å². The monoisotopic (exact) mass is 151 g/mol. The maximum absolute atomic E-state index is 9.88. The zero-order valence-corrected chi connectivity index (χ0v) is 6.24. The van der Waals surface area contributed by atoms with Gasteiger partial charge in [0.25, 0.3) is 0 Å². The van der Waals surface area contributed by atoms with E-state index in [9.17, 15) is 10.0 Å². The van der Waals surface area contributed by atoms with Gasteiger partial charge in [0, 0.05) is 5.56 Å². The van der Waals surface area contributed by atoms with Crippen LogP contribution in [0.3, 0.4) is 0 Å². The Morgan fingerprint density at radius 1 is 1.55 bits per heavy atom. The molecular weight excluding hydrogens is 142 g/mol. The number of hydrogen-bond acceptors (Lipinski definition) is 3. The van der Waals surface area contributed by atoms with Crippen LogP contribution in [-0.2, 0) is 6.54 Å². The van der Waals surface area contributed by atoms with Crippen molar-refractivity contribution in [2.75, 3.05) is 0 Å². The summed E-state index contributed by atoms with van der Waals surface area (Å²) in [5.41, 5.74) is 1.35. The van der Waals surface area contributed by atoms with Crippen LogP contribution in [0.25, 0.3) is 0 Å². The third kappa shape index (κ3) is 1.55. The van der Waals surface area contributed by atoms with Gasteiger partial charge in [-0.1, -0.05) is 23.4 Å². The normalized spacial score (nSPS) is 9.55. The van der Waals surface area contributed by atoms with Crippen LogP contribution in [0.4, 0.5) is 0 Å². The Kier molecular flexibility index (Phi) is 2.21. The molecule has 1 aromatic carbocycles. The molecule has 1 rings (SSSR count). The average Bonchev–Trinajstić information content (AvgIpc) is 1.99. The summed E-state index contributed by atoms with van der Waals surface area (Å²) < 4.78 is 0. The van der Waals surface area contributed by atoms with Gasteiger partial charge in [-0.15, -0.1) is 0 Å². The molecule has 0 spiro atoms. The summed E-state index contributed by atoms with van der Waals surface area (Å²) in [5, 5.41) is 12.0.